The first-order valence-electron chi connectivity index (χ1n) is 10.0. The Balaban J connectivity index is 2.16. The van der Waals surface area contributed by atoms with Crippen molar-refractivity contribution in [3.05, 3.63) is 57.8 Å². The topological polar surface area (TPSA) is 49.9 Å². The van der Waals surface area contributed by atoms with Crippen LogP contribution in [0.4, 0.5) is 0 Å². The summed E-state index contributed by atoms with van der Waals surface area (Å²) >= 11 is 1.66. The number of hydrogen-bond donors (Lipinski definition) is 0. The van der Waals surface area contributed by atoms with Crippen LogP contribution in [0.15, 0.2) is 41.8 Å². The first-order chi connectivity index (χ1) is 13.9. The molecule has 0 saturated heterocycles. The number of carbonyl (C=O) groups excluding carboxylic acids is 2. The highest BCUT2D eigenvalue weighted by Gasteiger charge is 2.23. The summed E-state index contributed by atoms with van der Waals surface area (Å²) in [4.78, 5) is 30.5. The van der Waals surface area contributed by atoms with Gasteiger partial charge in [0.1, 0.15) is 0 Å². The monoisotopic (exact) mass is 416 g/mol. The summed E-state index contributed by atoms with van der Waals surface area (Å²) in [5.74, 6) is 0.198. The van der Waals surface area contributed by atoms with E-state index in [4.69, 9.17) is 4.74 Å². The standard InChI is InChI=1S/C23H32N2O3S/c1-18(2)14-22(26)24(11-12-28-4)17-23(27)25(15-20-8-6-5-7-9-20)16-21-19(3)10-13-29-21/h5-10,13,18H,11-12,14-17H2,1-4H3. The molecule has 0 atom stereocenters. The highest BCUT2D eigenvalue weighted by atomic mass is 32.1. The van der Waals surface area contributed by atoms with Gasteiger partial charge in [0.2, 0.25) is 11.8 Å². The molecule has 158 valence electrons. The van der Waals surface area contributed by atoms with Gasteiger partial charge < -0.3 is 14.5 Å². The zero-order valence-electron chi connectivity index (χ0n) is 17.9. The van der Waals surface area contributed by atoms with Gasteiger partial charge in [-0.15, -0.1) is 11.3 Å². The highest BCUT2D eigenvalue weighted by Crippen LogP contribution is 2.20. The number of benzene rings is 1. The smallest absolute Gasteiger partial charge is 0.242 e. The summed E-state index contributed by atoms with van der Waals surface area (Å²) in [6, 6.07) is 12.0. The van der Waals surface area contributed by atoms with Gasteiger partial charge in [0.15, 0.2) is 0 Å². The number of thiophene rings is 1. The lowest BCUT2D eigenvalue weighted by molar-refractivity contribution is -0.142. The maximum absolute atomic E-state index is 13.2. The Labute approximate surface area is 178 Å². The molecule has 2 aromatic rings. The number of amides is 2. The first-order valence-corrected chi connectivity index (χ1v) is 10.9. The van der Waals surface area contributed by atoms with Gasteiger partial charge in [-0.1, -0.05) is 44.2 Å². The van der Waals surface area contributed by atoms with Crippen molar-refractivity contribution in [1.29, 1.82) is 0 Å². The second kappa shape index (κ2) is 11.7. The van der Waals surface area contributed by atoms with Crippen molar-refractivity contribution in [3.63, 3.8) is 0 Å². The van der Waals surface area contributed by atoms with Crippen LogP contribution < -0.4 is 0 Å². The molecule has 0 N–H and O–H groups in total. The van der Waals surface area contributed by atoms with Crippen molar-refractivity contribution in [2.45, 2.75) is 40.3 Å². The maximum atomic E-state index is 13.2. The van der Waals surface area contributed by atoms with Gasteiger partial charge in [-0.2, -0.15) is 0 Å². The van der Waals surface area contributed by atoms with Crippen LogP contribution in [-0.4, -0.2) is 48.4 Å². The number of methoxy groups -OCH3 is 1. The number of aryl methyl sites for hydroxylation is 1. The third kappa shape index (κ3) is 7.63. The summed E-state index contributed by atoms with van der Waals surface area (Å²) in [6.45, 7) is 8.07. The average Bonchev–Trinajstić information content (AvgIpc) is 3.09. The lowest BCUT2D eigenvalue weighted by Gasteiger charge is -2.28. The summed E-state index contributed by atoms with van der Waals surface area (Å²) in [5.41, 5.74) is 2.26. The Bertz CT molecular complexity index is 773. The van der Waals surface area contributed by atoms with Crippen molar-refractivity contribution in [1.82, 2.24) is 9.80 Å². The molecule has 0 aliphatic rings. The largest absolute Gasteiger partial charge is 0.383 e. The van der Waals surface area contributed by atoms with Crippen LogP contribution in [0.1, 0.15) is 36.3 Å². The molecular formula is C23H32N2O3S. The molecule has 0 radical (unpaired) electrons. The van der Waals surface area contributed by atoms with Crippen molar-refractivity contribution < 1.29 is 14.3 Å². The molecular weight excluding hydrogens is 384 g/mol. The molecule has 0 unspecified atom stereocenters. The summed E-state index contributed by atoms with van der Waals surface area (Å²) < 4.78 is 5.15. The minimum absolute atomic E-state index is 0.00244. The van der Waals surface area contributed by atoms with Crippen molar-refractivity contribution >= 4 is 23.2 Å². The lowest BCUT2D eigenvalue weighted by Crippen LogP contribution is -2.44. The molecule has 0 saturated carbocycles. The van der Waals surface area contributed by atoms with E-state index in [2.05, 4.69) is 13.0 Å². The Morgan fingerprint density at radius 1 is 1.03 bits per heavy atom. The second-order valence-electron chi connectivity index (χ2n) is 7.67. The molecule has 6 heteroatoms. The second-order valence-corrected chi connectivity index (χ2v) is 8.67. The van der Waals surface area contributed by atoms with Crippen LogP contribution in [0, 0.1) is 12.8 Å². The predicted octanol–water partition coefficient (Wildman–Crippen LogP) is 4.11. The van der Waals surface area contributed by atoms with E-state index in [1.54, 1.807) is 23.3 Å². The molecule has 0 spiro atoms. The molecule has 0 aliphatic heterocycles. The summed E-state index contributed by atoms with van der Waals surface area (Å²) in [5, 5.41) is 2.05. The van der Waals surface area contributed by atoms with Gasteiger partial charge in [-0.05, 0) is 35.4 Å². The highest BCUT2D eigenvalue weighted by molar-refractivity contribution is 7.10. The molecule has 5 nitrogen and oxygen atoms in total. The zero-order chi connectivity index (χ0) is 21.2. The van der Waals surface area contributed by atoms with E-state index in [1.807, 2.05) is 54.5 Å². The fourth-order valence-electron chi connectivity index (χ4n) is 3.01. The quantitative estimate of drug-likeness (QED) is 0.554. The van der Waals surface area contributed by atoms with Crippen LogP contribution >= 0.6 is 11.3 Å². The maximum Gasteiger partial charge on any atom is 0.242 e. The van der Waals surface area contributed by atoms with Crippen LogP contribution in [0.5, 0.6) is 0 Å². The fourth-order valence-corrected chi connectivity index (χ4v) is 3.93. The Morgan fingerprint density at radius 3 is 2.34 bits per heavy atom. The number of hydrogen-bond acceptors (Lipinski definition) is 4. The molecule has 0 aliphatic carbocycles. The number of nitrogens with zero attached hydrogens (tertiary/aromatic N) is 2. The third-order valence-corrected chi connectivity index (χ3v) is 5.71. The molecule has 0 fully saturated rings. The van der Waals surface area contributed by atoms with E-state index in [-0.39, 0.29) is 24.3 Å². The SMILES string of the molecule is COCCN(CC(=O)N(Cc1ccccc1)Cc1sccc1C)C(=O)CC(C)C. The molecule has 2 rings (SSSR count). The minimum Gasteiger partial charge on any atom is -0.383 e. The predicted molar refractivity (Wildman–Crippen MR) is 118 cm³/mol. The van der Waals surface area contributed by atoms with E-state index < -0.39 is 0 Å². The van der Waals surface area contributed by atoms with Crippen LogP contribution in [0.3, 0.4) is 0 Å². The number of carbonyl (C=O) groups is 2. The van der Waals surface area contributed by atoms with Crippen molar-refractivity contribution in [3.8, 4) is 0 Å². The van der Waals surface area contributed by atoms with E-state index >= 15 is 0 Å². The zero-order valence-corrected chi connectivity index (χ0v) is 18.7. The molecule has 0 bridgehead atoms. The lowest BCUT2D eigenvalue weighted by atomic mass is 10.1. The van der Waals surface area contributed by atoms with Gasteiger partial charge in [-0.25, -0.2) is 0 Å². The van der Waals surface area contributed by atoms with Crippen LogP contribution in [0.25, 0.3) is 0 Å². The van der Waals surface area contributed by atoms with Gasteiger partial charge in [-0.3, -0.25) is 9.59 Å². The van der Waals surface area contributed by atoms with E-state index in [1.165, 1.54) is 10.4 Å². The van der Waals surface area contributed by atoms with Gasteiger partial charge in [0, 0.05) is 31.5 Å². The molecule has 29 heavy (non-hydrogen) atoms. The first kappa shape index (κ1) is 23.1. The minimum atomic E-state index is -0.0464. The summed E-state index contributed by atoms with van der Waals surface area (Å²) in [7, 11) is 1.61. The van der Waals surface area contributed by atoms with Crippen molar-refractivity contribution in [2.75, 3.05) is 26.8 Å². The normalized spacial score (nSPS) is 10.9. The fraction of sp³-hybridized carbons (Fsp3) is 0.478. The molecule has 1 aromatic carbocycles. The van der Waals surface area contributed by atoms with Crippen LogP contribution in [0.2, 0.25) is 0 Å². The molecule has 1 aromatic heterocycles. The van der Waals surface area contributed by atoms with E-state index in [9.17, 15) is 9.59 Å². The van der Waals surface area contributed by atoms with Crippen molar-refractivity contribution in [2.24, 2.45) is 5.92 Å². The van der Waals surface area contributed by atoms with Crippen LogP contribution in [-0.2, 0) is 27.4 Å². The van der Waals surface area contributed by atoms with Gasteiger partial charge >= 0.3 is 0 Å². The number of ether oxygens (including phenoxy) is 1. The van der Waals surface area contributed by atoms with Gasteiger partial charge in [0.25, 0.3) is 0 Å². The van der Waals surface area contributed by atoms with Gasteiger partial charge in [0.05, 0.1) is 19.7 Å². The number of rotatable bonds is 11. The molecule has 1 heterocycles. The van der Waals surface area contributed by atoms with E-state index in [0.29, 0.717) is 32.7 Å². The Morgan fingerprint density at radius 2 is 1.76 bits per heavy atom. The third-order valence-electron chi connectivity index (χ3n) is 4.70. The van der Waals surface area contributed by atoms with E-state index in [0.717, 1.165) is 5.56 Å². The molecule has 2 amide bonds. The Hall–Kier alpha value is -2.18. The summed E-state index contributed by atoms with van der Waals surface area (Å²) in [6.07, 6.45) is 0.430. The average molecular weight is 417 g/mol. The Kier molecular flexibility index (Phi) is 9.35.